The molecule has 3 rings (SSSR count). The van der Waals surface area contributed by atoms with E-state index in [0.717, 1.165) is 36.5 Å². The second kappa shape index (κ2) is 6.60. The Morgan fingerprint density at radius 1 is 1.19 bits per heavy atom. The predicted octanol–water partition coefficient (Wildman–Crippen LogP) is 2.51. The van der Waals surface area contributed by atoms with Crippen molar-refractivity contribution in [3.8, 4) is 0 Å². The van der Waals surface area contributed by atoms with Crippen LogP contribution in [0, 0.1) is 0 Å². The van der Waals surface area contributed by atoms with Crippen LogP contribution in [0.2, 0.25) is 0 Å². The van der Waals surface area contributed by atoms with E-state index in [1.165, 1.54) is 38.8 Å². The molecule has 21 heavy (non-hydrogen) atoms. The van der Waals surface area contributed by atoms with Gasteiger partial charge in [-0.15, -0.1) is 0 Å². The van der Waals surface area contributed by atoms with E-state index >= 15 is 0 Å². The number of piperidine rings is 1. The van der Waals surface area contributed by atoms with Gasteiger partial charge in [0.05, 0.1) is 0 Å². The molecule has 1 aromatic heterocycles. The van der Waals surface area contributed by atoms with Crippen LogP contribution in [0.4, 0.5) is 11.6 Å². The van der Waals surface area contributed by atoms with Crippen molar-refractivity contribution in [2.75, 3.05) is 30.3 Å². The Kier molecular flexibility index (Phi) is 4.58. The Morgan fingerprint density at radius 3 is 2.86 bits per heavy atom. The van der Waals surface area contributed by atoms with Gasteiger partial charge in [-0.05, 0) is 39.2 Å². The second-order valence-electron chi connectivity index (χ2n) is 6.14. The number of nitrogens with zero attached hydrogens (tertiary/aromatic N) is 3. The molecule has 2 atom stereocenters. The van der Waals surface area contributed by atoms with Gasteiger partial charge in [0.15, 0.2) is 0 Å². The highest BCUT2D eigenvalue weighted by Crippen LogP contribution is 2.28. The molecule has 2 aliphatic rings. The fourth-order valence-electron chi connectivity index (χ4n) is 3.57. The molecular formula is C16H27N5. The van der Waals surface area contributed by atoms with Crippen LogP contribution in [0.5, 0.6) is 0 Å². The summed E-state index contributed by atoms with van der Waals surface area (Å²) in [5.41, 5.74) is 0. The standard InChI is InChI=1S/C16H27N5/c1-3-14-19-15(17-4-2)11-16(20-14)18-12-7-9-21-8-5-6-13(21)10-12/h11-13H,3-10H2,1-2H3,(H2,17,18,19,20). The molecule has 2 aliphatic heterocycles. The largest absolute Gasteiger partial charge is 0.370 e. The minimum Gasteiger partial charge on any atom is -0.370 e. The van der Waals surface area contributed by atoms with Crippen molar-refractivity contribution in [2.24, 2.45) is 0 Å². The summed E-state index contributed by atoms with van der Waals surface area (Å²) in [6.45, 7) is 7.62. The zero-order chi connectivity index (χ0) is 14.7. The molecule has 2 unspecified atom stereocenters. The van der Waals surface area contributed by atoms with E-state index in [0.29, 0.717) is 6.04 Å². The lowest BCUT2D eigenvalue weighted by molar-refractivity contribution is 0.188. The predicted molar refractivity (Wildman–Crippen MR) is 86.8 cm³/mol. The van der Waals surface area contributed by atoms with Crippen LogP contribution >= 0.6 is 0 Å². The lowest BCUT2D eigenvalue weighted by Crippen LogP contribution is -2.42. The third kappa shape index (κ3) is 3.46. The summed E-state index contributed by atoms with van der Waals surface area (Å²) in [7, 11) is 0. The van der Waals surface area contributed by atoms with E-state index in [1.54, 1.807) is 0 Å². The Labute approximate surface area is 127 Å². The van der Waals surface area contributed by atoms with Gasteiger partial charge in [0.25, 0.3) is 0 Å². The number of rotatable bonds is 5. The van der Waals surface area contributed by atoms with Crippen LogP contribution < -0.4 is 10.6 Å². The highest BCUT2D eigenvalue weighted by atomic mass is 15.2. The molecule has 3 heterocycles. The van der Waals surface area contributed by atoms with Crippen molar-refractivity contribution in [1.82, 2.24) is 14.9 Å². The molecule has 1 aromatic rings. The van der Waals surface area contributed by atoms with Gasteiger partial charge in [-0.25, -0.2) is 9.97 Å². The van der Waals surface area contributed by atoms with Gasteiger partial charge in [-0.2, -0.15) is 0 Å². The quantitative estimate of drug-likeness (QED) is 0.872. The SMILES string of the molecule is CCNc1cc(NC2CCN3CCCC3C2)nc(CC)n1. The topological polar surface area (TPSA) is 53.1 Å². The van der Waals surface area contributed by atoms with E-state index in [9.17, 15) is 0 Å². The van der Waals surface area contributed by atoms with E-state index in [2.05, 4.69) is 39.3 Å². The molecule has 0 spiro atoms. The maximum Gasteiger partial charge on any atom is 0.132 e. The van der Waals surface area contributed by atoms with Gasteiger partial charge < -0.3 is 15.5 Å². The van der Waals surface area contributed by atoms with Crippen molar-refractivity contribution in [1.29, 1.82) is 0 Å². The first-order valence-corrected chi connectivity index (χ1v) is 8.41. The molecule has 2 N–H and O–H groups in total. The maximum atomic E-state index is 4.64. The van der Waals surface area contributed by atoms with Crippen molar-refractivity contribution < 1.29 is 0 Å². The Balaban J connectivity index is 1.67. The number of nitrogens with one attached hydrogen (secondary N) is 2. The van der Waals surface area contributed by atoms with Gasteiger partial charge in [-0.1, -0.05) is 6.92 Å². The van der Waals surface area contributed by atoms with Gasteiger partial charge in [-0.3, -0.25) is 0 Å². The number of aromatic nitrogens is 2. The molecule has 0 radical (unpaired) electrons. The van der Waals surface area contributed by atoms with Crippen molar-refractivity contribution in [3.05, 3.63) is 11.9 Å². The number of anilines is 2. The summed E-state index contributed by atoms with van der Waals surface area (Å²) < 4.78 is 0. The third-order valence-electron chi connectivity index (χ3n) is 4.62. The van der Waals surface area contributed by atoms with Gasteiger partial charge in [0.1, 0.15) is 17.5 Å². The molecule has 116 valence electrons. The van der Waals surface area contributed by atoms with Gasteiger partial charge in [0.2, 0.25) is 0 Å². The van der Waals surface area contributed by atoms with Crippen molar-refractivity contribution in [3.63, 3.8) is 0 Å². The van der Waals surface area contributed by atoms with E-state index < -0.39 is 0 Å². The summed E-state index contributed by atoms with van der Waals surface area (Å²) in [5.74, 6) is 2.83. The second-order valence-corrected chi connectivity index (χ2v) is 6.14. The molecule has 0 amide bonds. The summed E-state index contributed by atoms with van der Waals surface area (Å²) in [6.07, 6.45) is 6.08. The highest BCUT2D eigenvalue weighted by Gasteiger charge is 2.31. The van der Waals surface area contributed by atoms with Crippen LogP contribution in [-0.2, 0) is 6.42 Å². The molecule has 2 saturated heterocycles. The van der Waals surface area contributed by atoms with Gasteiger partial charge in [0, 0.05) is 37.7 Å². The fraction of sp³-hybridized carbons (Fsp3) is 0.750. The van der Waals surface area contributed by atoms with Crippen LogP contribution in [-0.4, -0.2) is 46.6 Å². The summed E-state index contributed by atoms with van der Waals surface area (Å²) in [4.78, 5) is 11.8. The first kappa shape index (κ1) is 14.6. The first-order chi connectivity index (χ1) is 10.3. The maximum absolute atomic E-state index is 4.64. The molecule has 5 nitrogen and oxygen atoms in total. The van der Waals surface area contributed by atoms with Crippen LogP contribution in [0.3, 0.4) is 0 Å². The molecule has 0 aromatic carbocycles. The number of hydrogen-bond donors (Lipinski definition) is 2. The van der Waals surface area contributed by atoms with Crippen molar-refractivity contribution in [2.45, 2.75) is 58.0 Å². The smallest absolute Gasteiger partial charge is 0.132 e. The van der Waals surface area contributed by atoms with E-state index in [1.807, 2.05) is 6.07 Å². The Bertz CT molecular complexity index is 476. The summed E-state index contributed by atoms with van der Waals surface area (Å²) in [5, 5.41) is 6.95. The lowest BCUT2D eigenvalue weighted by Gasteiger charge is -2.35. The van der Waals surface area contributed by atoms with Crippen LogP contribution in [0.15, 0.2) is 6.07 Å². The van der Waals surface area contributed by atoms with Crippen molar-refractivity contribution >= 4 is 11.6 Å². The minimum absolute atomic E-state index is 0.554. The molecule has 0 aliphatic carbocycles. The summed E-state index contributed by atoms with van der Waals surface area (Å²) >= 11 is 0. The Hall–Kier alpha value is -1.36. The van der Waals surface area contributed by atoms with Crippen LogP contribution in [0.25, 0.3) is 0 Å². The van der Waals surface area contributed by atoms with E-state index in [-0.39, 0.29) is 0 Å². The number of aryl methyl sites for hydroxylation is 1. The zero-order valence-electron chi connectivity index (χ0n) is 13.2. The zero-order valence-corrected chi connectivity index (χ0v) is 13.2. The highest BCUT2D eigenvalue weighted by molar-refractivity contribution is 5.48. The Morgan fingerprint density at radius 2 is 2.05 bits per heavy atom. The normalized spacial score (nSPS) is 25.6. The lowest BCUT2D eigenvalue weighted by atomic mass is 9.97. The number of hydrogen-bond acceptors (Lipinski definition) is 5. The third-order valence-corrected chi connectivity index (χ3v) is 4.62. The fourth-order valence-corrected chi connectivity index (χ4v) is 3.57. The summed E-state index contributed by atoms with van der Waals surface area (Å²) in [6, 6.07) is 3.39. The molecule has 5 heteroatoms. The molecule has 0 saturated carbocycles. The average molecular weight is 289 g/mol. The van der Waals surface area contributed by atoms with Gasteiger partial charge >= 0.3 is 0 Å². The van der Waals surface area contributed by atoms with Crippen LogP contribution in [0.1, 0.15) is 45.4 Å². The van der Waals surface area contributed by atoms with E-state index in [4.69, 9.17) is 0 Å². The average Bonchev–Trinajstić information content (AvgIpc) is 2.95. The molecule has 0 bridgehead atoms. The number of fused-ring (bicyclic) bond motifs is 1. The first-order valence-electron chi connectivity index (χ1n) is 8.41. The minimum atomic E-state index is 0.554. The molecule has 2 fully saturated rings. The monoisotopic (exact) mass is 289 g/mol. The molecular weight excluding hydrogens is 262 g/mol.